The molecule has 0 aliphatic rings. The van der Waals surface area contributed by atoms with E-state index in [0.717, 1.165) is 16.9 Å². The molecule has 0 unspecified atom stereocenters. The molecule has 2 N–H and O–H groups in total. The summed E-state index contributed by atoms with van der Waals surface area (Å²) in [6.07, 6.45) is 0. The second kappa shape index (κ2) is 7.38. The van der Waals surface area contributed by atoms with Crippen LogP contribution in [0.3, 0.4) is 0 Å². The van der Waals surface area contributed by atoms with Gasteiger partial charge in [-0.1, -0.05) is 40.9 Å². The zero-order chi connectivity index (χ0) is 16.1. The fourth-order valence-corrected chi connectivity index (χ4v) is 2.47. The van der Waals surface area contributed by atoms with Gasteiger partial charge in [-0.05, 0) is 43.7 Å². The van der Waals surface area contributed by atoms with Crippen molar-refractivity contribution in [2.75, 3.05) is 12.0 Å². The highest BCUT2D eigenvalue weighted by molar-refractivity contribution is 6.35. The van der Waals surface area contributed by atoms with Gasteiger partial charge in [0.05, 0.1) is 0 Å². The molecule has 4 nitrogen and oxygen atoms in total. The Hall–Kier alpha value is -1.91. The Kier molecular flexibility index (Phi) is 5.52. The normalized spacial score (nSPS) is 10.2. The highest BCUT2D eigenvalue weighted by Gasteiger charge is 2.05. The van der Waals surface area contributed by atoms with Crippen molar-refractivity contribution in [2.45, 2.75) is 13.8 Å². The Morgan fingerprint density at radius 2 is 1.77 bits per heavy atom. The molecule has 116 valence electrons. The number of carbonyl (C=O) groups is 1. The lowest BCUT2D eigenvalue weighted by atomic mass is 10.1. The number of carbonyl (C=O) groups excluding carboxylic acids is 1. The van der Waals surface area contributed by atoms with Crippen LogP contribution in [0, 0.1) is 13.8 Å². The minimum Gasteiger partial charge on any atom is -0.473 e. The molecule has 0 aliphatic carbocycles. The maximum atomic E-state index is 11.8. The number of nitrogens with one attached hydrogen (secondary N) is 2. The van der Waals surface area contributed by atoms with Crippen LogP contribution in [-0.4, -0.2) is 12.8 Å². The first kappa shape index (κ1) is 16.5. The van der Waals surface area contributed by atoms with E-state index < -0.39 is 6.03 Å². The van der Waals surface area contributed by atoms with Crippen molar-refractivity contribution >= 4 is 34.9 Å². The van der Waals surface area contributed by atoms with E-state index >= 15 is 0 Å². The average molecular weight is 339 g/mol. The number of benzene rings is 2. The van der Waals surface area contributed by atoms with Gasteiger partial charge in [-0.15, -0.1) is 0 Å². The van der Waals surface area contributed by atoms with Gasteiger partial charge in [-0.3, -0.25) is 0 Å². The number of anilines is 1. The van der Waals surface area contributed by atoms with Crippen LogP contribution in [-0.2, 0) is 0 Å². The minimum absolute atomic E-state index is 0.0596. The van der Waals surface area contributed by atoms with Gasteiger partial charge in [0.25, 0.3) is 0 Å². The van der Waals surface area contributed by atoms with Crippen LogP contribution >= 0.6 is 23.2 Å². The summed E-state index contributed by atoms with van der Waals surface area (Å²) in [5.41, 5.74) is 2.69. The average Bonchev–Trinajstić information content (AvgIpc) is 2.40. The third kappa shape index (κ3) is 4.83. The molecule has 0 bridgehead atoms. The molecule has 0 heterocycles. The van der Waals surface area contributed by atoms with Crippen LogP contribution in [0.1, 0.15) is 11.1 Å². The first-order valence-electron chi connectivity index (χ1n) is 6.65. The molecule has 0 aromatic heterocycles. The molecule has 0 saturated carbocycles. The monoisotopic (exact) mass is 338 g/mol. The molecule has 0 aliphatic heterocycles. The number of aryl methyl sites for hydroxylation is 2. The molecule has 0 fully saturated rings. The predicted molar refractivity (Wildman–Crippen MR) is 90.0 cm³/mol. The summed E-state index contributed by atoms with van der Waals surface area (Å²) in [5, 5.41) is 6.14. The number of hydrogen-bond acceptors (Lipinski definition) is 2. The van der Waals surface area contributed by atoms with Crippen LogP contribution in [0.25, 0.3) is 0 Å². The summed E-state index contributed by atoms with van der Waals surface area (Å²) >= 11 is 11.7. The van der Waals surface area contributed by atoms with Gasteiger partial charge >= 0.3 is 6.03 Å². The van der Waals surface area contributed by atoms with Gasteiger partial charge in [-0.25, -0.2) is 4.79 Å². The molecule has 6 heteroatoms. The molecule has 2 rings (SSSR count). The van der Waals surface area contributed by atoms with Gasteiger partial charge in [-0.2, -0.15) is 0 Å². The van der Waals surface area contributed by atoms with Gasteiger partial charge in [0.15, 0.2) is 6.73 Å². The largest absolute Gasteiger partial charge is 0.473 e. The summed E-state index contributed by atoms with van der Waals surface area (Å²) in [4.78, 5) is 11.8. The first-order valence-corrected chi connectivity index (χ1v) is 7.40. The molecule has 22 heavy (non-hydrogen) atoms. The standard InChI is InChI=1S/C16H16Cl2N2O2/c1-10-3-4-15(11(2)5-10)22-9-19-16(21)20-14-7-12(17)6-13(18)8-14/h3-8H,9H2,1-2H3,(H2,19,20,21). The molecule has 0 radical (unpaired) electrons. The summed E-state index contributed by atoms with van der Waals surface area (Å²) < 4.78 is 5.52. The predicted octanol–water partition coefficient (Wildman–Crippen LogP) is 4.77. The minimum atomic E-state index is -0.400. The lowest BCUT2D eigenvalue weighted by Gasteiger charge is -2.12. The van der Waals surface area contributed by atoms with E-state index in [1.54, 1.807) is 18.2 Å². The van der Waals surface area contributed by atoms with E-state index in [9.17, 15) is 4.79 Å². The molecular weight excluding hydrogens is 323 g/mol. The molecule has 2 aromatic rings. The number of ether oxygens (including phenoxy) is 1. The van der Waals surface area contributed by atoms with E-state index in [1.807, 2.05) is 32.0 Å². The van der Waals surface area contributed by atoms with Gasteiger partial charge in [0.1, 0.15) is 5.75 Å². The van der Waals surface area contributed by atoms with E-state index in [4.69, 9.17) is 27.9 Å². The third-order valence-electron chi connectivity index (χ3n) is 2.91. The maximum Gasteiger partial charge on any atom is 0.321 e. The molecule has 2 aromatic carbocycles. The fraction of sp³-hybridized carbons (Fsp3) is 0.188. The summed E-state index contributed by atoms with van der Waals surface area (Å²) in [7, 11) is 0. The van der Waals surface area contributed by atoms with Crippen molar-refractivity contribution in [3.8, 4) is 5.75 Å². The Labute approximate surface area is 139 Å². The van der Waals surface area contributed by atoms with Crippen LogP contribution < -0.4 is 15.4 Å². The summed E-state index contributed by atoms with van der Waals surface area (Å²) in [6, 6.07) is 10.3. The Bertz CT molecular complexity index is 670. The van der Waals surface area contributed by atoms with Crippen molar-refractivity contribution in [2.24, 2.45) is 0 Å². The van der Waals surface area contributed by atoms with Crippen molar-refractivity contribution < 1.29 is 9.53 Å². The highest BCUT2D eigenvalue weighted by atomic mass is 35.5. The quantitative estimate of drug-likeness (QED) is 0.789. The first-order chi connectivity index (χ1) is 10.4. The van der Waals surface area contributed by atoms with Crippen LogP contribution in [0.5, 0.6) is 5.75 Å². The lowest BCUT2D eigenvalue weighted by Crippen LogP contribution is -2.32. The topological polar surface area (TPSA) is 50.4 Å². The Balaban J connectivity index is 1.85. The molecule has 0 atom stereocenters. The molecular formula is C16H16Cl2N2O2. The van der Waals surface area contributed by atoms with E-state index in [0.29, 0.717) is 15.7 Å². The molecule has 0 spiro atoms. The maximum absolute atomic E-state index is 11.8. The zero-order valence-corrected chi connectivity index (χ0v) is 13.8. The molecule has 2 amide bonds. The van der Waals surface area contributed by atoms with Gasteiger partial charge in [0, 0.05) is 15.7 Å². The Morgan fingerprint density at radius 3 is 2.41 bits per heavy atom. The van der Waals surface area contributed by atoms with Gasteiger partial charge < -0.3 is 15.4 Å². The van der Waals surface area contributed by atoms with E-state index in [2.05, 4.69) is 10.6 Å². The van der Waals surface area contributed by atoms with E-state index in [-0.39, 0.29) is 6.73 Å². The number of urea groups is 1. The zero-order valence-electron chi connectivity index (χ0n) is 12.2. The lowest BCUT2D eigenvalue weighted by molar-refractivity contribution is 0.234. The van der Waals surface area contributed by atoms with Crippen LogP contribution in [0.2, 0.25) is 10.0 Å². The van der Waals surface area contributed by atoms with Crippen molar-refractivity contribution in [3.63, 3.8) is 0 Å². The fourth-order valence-electron chi connectivity index (χ4n) is 1.94. The third-order valence-corrected chi connectivity index (χ3v) is 3.35. The van der Waals surface area contributed by atoms with Crippen molar-refractivity contribution in [3.05, 3.63) is 57.6 Å². The van der Waals surface area contributed by atoms with Crippen molar-refractivity contribution in [1.29, 1.82) is 0 Å². The number of rotatable bonds is 4. The highest BCUT2D eigenvalue weighted by Crippen LogP contribution is 2.22. The Morgan fingerprint density at radius 1 is 1.09 bits per heavy atom. The number of amides is 2. The molecule has 0 saturated heterocycles. The van der Waals surface area contributed by atoms with Crippen LogP contribution in [0.15, 0.2) is 36.4 Å². The summed E-state index contributed by atoms with van der Waals surface area (Å²) in [5.74, 6) is 0.733. The van der Waals surface area contributed by atoms with E-state index in [1.165, 1.54) is 0 Å². The van der Waals surface area contributed by atoms with Crippen LogP contribution in [0.4, 0.5) is 10.5 Å². The van der Waals surface area contributed by atoms with Crippen molar-refractivity contribution in [1.82, 2.24) is 5.32 Å². The summed E-state index contributed by atoms with van der Waals surface area (Å²) in [6.45, 7) is 4.03. The SMILES string of the molecule is Cc1ccc(OCNC(=O)Nc2cc(Cl)cc(Cl)c2)c(C)c1. The second-order valence-electron chi connectivity index (χ2n) is 4.85. The number of halogens is 2. The van der Waals surface area contributed by atoms with Gasteiger partial charge in [0.2, 0.25) is 0 Å². The smallest absolute Gasteiger partial charge is 0.321 e. The second-order valence-corrected chi connectivity index (χ2v) is 5.72. The number of hydrogen-bond donors (Lipinski definition) is 2.